The largest absolute Gasteiger partial charge is 0.464 e. The SMILES string of the molecule is N#CC1(C(=O)c2coc3ccccc23)COC1. The van der Waals surface area contributed by atoms with Crippen molar-refractivity contribution in [3.05, 3.63) is 36.1 Å². The zero-order valence-electron chi connectivity index (χ0n) is 8.97. The average molecular weight is 227 g/mol. The van der Waals surface area contributed by atoms with Crippen molar-refractivity contribution in [2.45, 2.75) is 0 Å². The maximum atomic E-state index is 12.3. The number of para-hydroxylation sites is 1. The molecule has 0 radical (unpaired) electrons. The second kappa shape index (κ2) is 3.44. The highest BCUT2D eigenvalue weighted by Gasteiger charge is 2.47. The number of nitrogens with zero attached hydrogens (tertiary/aromatic N) is 1. The highest BCUT2D eigenvalue weighted by Crippen LogP contribution is 2.34. The molecule has 0 saturated carbocycles. The Kier molecular flexibility index (Phi) is 2.03. The fraction of sp³-hybridized carbons (Fsp3) is 0.231. The predicted octanol–water partition coefficient (Wildman–Crippen LogP) is 2.16. The molecule has 0 bridgehead atoms. The number of hydrogen-bond acceptors (Lipinski definition) is 4. The van der Waals surface area contributed by atoms with Crippen molar-refractivity contribution in [1.82, 2.24) is 0 Å². The first-order valence-electron chi connectivity index (χ1n) is 5.27. The molecule has 0 spiro atoms. The van der Waals surface area contributed by atoms with Gasteiger partial charge in [-0.2, -0.15) is 5.26 Å². The Morgan fingerprint density at radius 2 is 2.12 bits per heavy atom. The van der Waals surface area contributed by atoms with Crippen molar-refractivity contribution in [1.29, 1.82) is 5.26 Å². The van der Waals surface area contributed by atoms with E-state index in [1.165, 1.54) is 6.26 Å². The lowest BCUT2D eigenvalue weighted by Gasteiger charge is -2.32. The van der Waals surface area contributed by atoms with Gasteiger partial charge in [-0.15, -0.1) is 0 Å². The predicted molar refractivity (Wildman–Crippen MR) is 59.4 cm³/mol. The van der Waals surface area contributed by atoms with Gasteiger partial charge >= 0.3 is 0 Å². The molecular formula is C13H9NO3. The molecule has 3 rings (SSSR count). The molecule has 1 aromatic heterocycles. The summed E-state index contributed by atoms with van der Waals surface area (Å²) < 4.78 is 10.3. The summed E-state index contributed by atoms with van der Waals surface area (Å²) in [5.74, 6) is -0.212. The van der Waals surface area contributed by atoms with E-state index in [-0.39, 0.29) is 19.0 Å². The second-order valence-corrected chi connectivity index (χ2v) is 4.16. The molecule has 0 unspecified atom stereocenters. The molecule has 1 aliphatic heterocycles. The fourth-order valence-corrected chi connectivity index (χ4v) is 1.96. The normalized spacial score (nSPS) is 17.4. The van der Waals surface area contributed by atoms with Crippen molar-refractivity contribution < 1.29 is 13.9 Å². The van der Waals surface area contributed by atoms with Gasteiger partial charge in [0.15, 0.2) is 11.2 Å². The number of rotatable bonds is 2. The molecule has 0 atom stereocenters. The van der Waals surface area contributed by atoms with Crippen molar-refractivity contribution in [2.24, 2.45) is 5.41 Å². The molecule has 2 aromatic rings. The van der Waals surface area contributed by atoms with E-state index in [1.54, 1.807) is 6.07 Å². The number of hydrogen-bond donors (Lipinski definition) is 0. The molecule has 0 amide bonds. The Balaban J connectivity index is 2.11. The summed E-state index contributed by atoms with van der Waals surface area (Å²) in [6, 6.07) is 9.34. The van der Waals surface area contributed by atoms with Gasteiger partial charge in [-0.3, -0.25) is 4.79 Å². The summed E-state index contributed by atoms with van der Waals surface area (Å²) in [5.41, 5.74) is 0.0988. The van der Waals surface area contributed by atoms with E-state index in [0.29, 0.717) is 11.1 Å². The first kappa shape index (κ1) is 10.1. The van der Waals surface area contributed by atoms with E-state index >= 15 is 0 Å². The minimum Gasteiger partial charge on any atom is -0.464 e. The number of fused-ring (bicyclic) bond motifs is 1. The molecule has 1 saturated heterocycles. The van der Waals surface area contributed by atoms with Crippen molar-refractivity contribution in [3.63, 3.8) is 0 Å². The summed E-state index contributed by atoms with van der Waals surface area (Å²) in [5, 5.41) is 9.85. The molecule has 1 aromatic carbocycles. The molecule has 4 nitrogen and oxygen atoms in total. The van der Waals surface area contributed by atoms with E-state index in [1.807, 2.05) is 18.2 Å². The molecule has 0 N–H and O–H groups in total. The van der Waals surface area contributed by atoms with Gasteiger partial charge in [0.1, 0.15) is 11.8 Å². The maximum absolute atomic E-state index is 12.3. The monoisotopic (exact) mass is 227 g/mol. The number of carbonyl (C=O) groups excluding carboxylic acids is 1. The highest BCUT2D eigenvalue weighted by atomic mass is 16.5. The molecule has 0 aliphatic carbocycles. The fourth-order valence-electron chi connectivity index (χ4n) is 1.96. The Morgan fingerprint density at radius 3 is 2.76 bits per heavy atom. The van der Waals surface area contributed by atoms with Gasteiger partial charge in [-0.05, 0) is 6.07 Å². The van der Waals surface area contributed by atoms with Gasteiger partial charge < -0.3 is 9.15 Å². The number of ether oxygens (including phenoxy) is 1. The molecule has 84 valence electrons. The summed E-state index contributed by atoms with van der Waals surface area (Å²) in [7, 11) is 0. The van der Waals surface area contributed by atoms with Gasteiger partial charge in [0, 0.05) is 5.39 Å². The van der Waals surface area contributed by atoms with Crippen LogP contribution in [0.4, 0.5) is 0 Å². The topological polar surface area (TPSA) is 63.2 Å². The summed E-state index contributed by atoms with van der Waals surface area (Å²) in [6.07, 6.45) is 1.42. The van der Waals surface area contributed by atoms with Gasteiger partial charge in [0.2, 0.25) is 0 Å². The number of nitriles is 1. The summed E-state index contributed by atoms with van der Waals surface area (Å²) in [6.45, 7) is 0.337. The van der Waals surface area contributed by atoms with Crippen LogP contribution >= 0.6 is 0 Å². The molecule has 17 heavy (non-hydrogen) atoms. The second-order valence-electron chi connectivity index (χ2n) is 4.16. The molecule has 1 aliphatic rings. The first-order valence-corrected chi connectivity index (χ1v) is 5.27. The van der Waals surface area contributed by atoms with Crippen molar-refractivity contribution in [3.8, 4) is 6.07 Å². The Hall–Kier alpha value is -2.12. The number of Topliss-reactive ketones (excluding diaryl/α,β-unsaturated/α-hetero) is 1. The van der Waals surface area contributed by atoms with Gasteiger partial charge in [-0.25, -0.2) is 0 Å². The van der Waals surface area contributed by atoms with E-state index in [2.05, 4.69) is 6.07 Å². The number of benzene rings is 1. The Bertz CT molecular complexity index is 631. The van der Waals surface area contributed by atoms with E-state index in [4.69, 9.17) is 14.4 Å². The minimum atomic E-state index is -1.02. The number of ketones is 1. The van der Waals surface area contributed by atoms with Crippen LogP contribution in [0.3, 0.4) is 0 Å². The first-order chi connectivity index (χ1) is 8.27. The molecular weight excluding hydrogens is 218 g/mol. The number of carbonyl (C=O) groups is 1. The van der Waals surface area contributed by atoms with Crippen LogP contribution in [0.2, 0.25) is 0 Å². The third-order valence-electron chi connectivity index (χ3n) is 3.07. The molecule has 2 heterocycles. The van der Waals surface area contributed by atoms with Crippen LogP contribution in [-0.2, 0) is 4.74 Å². The van der Waals surface area contributed by atoms with E-state index in [9.17, 15) is 4.79 Å². The van der Waals surface area contributed by atoms with E-state index < -0.39 is 5.41 Å². The van der Waals surface area contributed by atoms with Crippen LogP contribution in [0, 0.1) is 16.7 Å². The van der Waals surface area contributed by atoms with Crippen molar-refractivity contribution in [2.75, 3.05) is 13.2 Å². The van der Waals surface area contributed by atoms with Crippen LogP contribution in [0.5, 0.6) is 0 Å². The van der Waals surface area contributed by atoms with Crippen LogP contribution in [0.15, 0.2) is 34.9 Å². The lowest BCUT2D eigenvalue weighted by Crippen LogP contribution is -2.47. The smallest absolute Gasteiger partial charge is 0.191 e. The quantitative estimate of drug-likeness (QED) is 0.737. The number of furan rings is 1. The van der Waals surface area contributed by atoms with Gasteiger partial charge in [0.25, 0.3) is 0 Å². The van der Waals surface area contributed by atoms with E-state index in [0.717, 1.165) is 5.39 Å². The van der Waals surface area contributed by atoms with Gasteiger partial charge in [-0.1, -0.05) is 18.2 Å². The molecule has 4 heteroatoms. The maximum Gasteiger partial charge on any atom is 0.191 e. The zero-order valence-corrected chi connectivity index (χ0v) is 8.97. The lowest BCUT2D eigenvalue weighted by molar-refractivity contribution is -0.0565. The lowest BCUT2D eigenvalue weighted by atomic mass is 9.80. The minimum absolute atomic E-state index is 0.168. The van der Waals surface area contributed by atoms with Crippen LogP contribution in [-0.4, -0.2) is 19.0 Å². The summed E-state index contributed by atoms with van der Waals surface area (Å²) >= 11 is 0. The van der Waals surface area contributed by atoms with Crippen LogP contribution < -0.4 is 0 Å². The Morgan fingerprint density at radius 1 is 1.35 bits per heavy atom. The van der Waals surface area contributed by atoms with Gasteiger partial charge in [0.05, 0.1) is 24.8 Å². The average Bonchev–Trinajstić information content (AvgIpc) is 2.71. The third-order valence-corrected chi connectivity index (χ3v) is 3.07. The highest BCUT2D eigenvalue weighted by molar-refractivity contribution is 6.11. The van der Waals surface area contributed by atoms with Crippen LogP contribution in [0.1, 0.15) is 10.4 Å². The summed E-state index contributed by atoms with van der Waals surface area (Å²) in [4.78, 5) is 12.3. The van der Waals surface area contributed by atoms with Crippen LogP contribution in [0.25, 0.3) is 11.0 Å². The standard InChI is InChI=1S/C13H9NO3/c14-6-13(7-16-8-13)12(15)10-5-17-11-4-2-1-3-9(10)11/h1-5H,7-8H2. The van der Waals surface area contributed by atoms with Crippen molar-refractivity contribution >= 4 is 16.8 Å². The molecule has 1 fully saturated rings. The zero-order chi connectivity index (χ0) is 11.9. The Labute approximate surface area is 97.4 Å². The third kappa shape index (κ3) is 1.30.